The lowest BCUT2D eigenvalue weighted by Crippen LogP contribution is -2.41. The van der Waals surface area contributed by atoms with Crippen molar-refractivity contribution in [3.05, 3.63) is 35.1 Å². The molecular weight excluding hydrogens is 274 g/mol. The summed E-state index contributed by atoms with van der Waals surface area (Å²) in [6.07, 6.45) is -1.83. The number of halogens is 4. The van der Waals surface area contributed by atoms with Crippen LogP contribution in [0.5, 0.6) is 0 Å². The van der Waals surface area contributed by atoms with E-state index >= 15 is 0 Å². The van der Waals surface area contributed by atoms with Crippen molar-refractivity contribution in [1.82, 2.24) is 5.32 Å². The fourth-order valence-electron chi connectivity index (χ4n) is 2.56. The Morgan fingerprint density at radius 3 is 2.55 bits per heavy atom. The maximum atomic E-state index is 13.0. The van der Waals surface area contributed by atoms with Crippen LogP contribution in [0.1, 0.15) is 36.8 Å². The van der Waals surface area contributed by atoms with Crippen molar-refractivity contribution >= 4 is 0 Å². The third kappa shape index (κ3) is 3.70. The van der Waals surface area contributed by atoms with Gasteiger partial charge in [-0.2, -0.15) is 13.2 Å². The molecule has 0 amide bonds. The summed E-state index contributed by atoms with van der Waals surface area (Å²) in [5, 5.41) is 12.7. The highest BCUT2D eigenvalue weighted by molar-refractivity contribution is 5.30. The minimum Gasteiger partial charge on any atom is -0.392 e. The molecule has 1 aliphatic rings. The van der Waals surface area contributed by atoms with Gasteiger partial charge >= 0.3 is 6.18 Å². The molecule has 2 N–H and O–H groups in total. The average molecular weight is 291 g/mol. The summed E-state index contributed by atoms with van der Waals surface area (Å²) >= 11 is 0. The first-order chi connectivity index (χ1) is 9.38. The zero-order valence-corrected chi connectivity index (χ0v) is 10.9. The minimum absolute atomic E-state index is 0.00308. The third-order valence-electron chi connectivity index (χ3n) is 3.66. The molecule has 0 aromatic heterocycles. The minimum atomic E-state index is -4.58. The second kappa shape index (κ2) is 6.10. The average Bonchev–Trinajstić information content (AvgIpc) is 2.38. The molecule has 112 valence electrons. The highest BCUT2D eigenvalue weighted by atomic mass is 19.4. The van der Waals surface area contributed by atoms with Crippen molar-refractivity contribution in [1.29, 1.82) is 0 Å². The SMILES string of the molecule is OC1CCCCC1NCc1ccc(F)cc1C(F)(F)F. The van der Waals surface area contributed by atoms with E-state index in [-0.39, 0.29) is 18.2 Å². The smallest absolute Gasteiger partial charge is 0.392 e. The summed E-state index contributed by atoms with van der Waals surface area (Å²) in [5.74, 6) is -0.904. The number of hydrogen-bond acceptors (Lipinski definition) is 2. The van der Waals surface area contributed by atoms with Gasteiger partial charge in [0.1, 0.15) is 5.82 Å². The Bertz CT molecular complexity index is 461. The van der Waals surface area contributed by atoms with Crippen molar-refractivity contribution in [2.45, 2.75) is 50.6 Å². The van der Waals surface area contributed by atoms with E-state index in [0.717, 1.165) is 31.4 Å². The molecule has 0 bridgehead atoms. The van der Waals surface area contributed by atoms with Crippen LogP contribution in [-0.4, -0.2) is 17.3 Å². The van der Waals surface area contributed by atoms with Gasteiger partial charge in [-0.1, -0.05) is 18.9 Å². The Hall–Kier alpha value is -1.14. The molecule has 1 aromatic carbocycles. The van der Waals surface area contributed by atoms with Crippen molar-refractivity contribution in [3.8, 4) is 0 Å². The molecule has 0 aliphatic heterocycles. The van der Waals surface area contributed by atoms with Crippen molar-refractivity contribution in [3.63, 3.8) is 0 Å². The number of aliphatic hydroxyl groups excluding tert-OH is 1. The maximum absolute atomic E-state index is 13.0. The highest BCUT2D eigenvalue weighted by Crippen LogP contribution is 2.32. The first-order valence-electron chi connectivity index (χ1n) is 6.65. The molecular formula is C14H17F4NO. The van der Waals surface area contributed by atoms with Crippen LogP contribution in [0.15, 0.2) is 18.2 Å². The number of hydrogen-bond donors (Lipinski definition) is 2. The Labute approximate surface area is 114 Å². The number of alkyl halides is 3. The molecule has 1 aliphatic carbocycles. The molecule has 1 fully saturated rings. The Morgan fingerprint density at radius 1 is 1.20 bits per heavy atom. The summed E-state index contributed by atoms with van der Waals surface area (Å²) in [5.41, 5.74) is -0.966. The molecule has 0 heterocycles. The first kappa shape index (κ1) is 15.3. The molecule has 1 aromatic rings. The van der Waals surface area contributed by atoms with E-state index in [9.17, 15) is 22.7 Å². The van der Waals surface area contributed by atoms with Crippen LogP contribution in [0.25, 0.3) is 0 Å². The largest absolute Gasteiger partial charge is 0.416 e. The lowest BCUT2D eigenvalue weighted by Gasteiger charge is -2.29. The Kier molecular flexibility index (Phi) is 4.65. The highest BCUT2D eigenvalue weighted by Gasteiger charge is 2.34. The fraction of sp³-hybridized carbons (Fsp3) is 0.571. The van der Waals surface area contributed by atoms with Gasteiger partial charge in [-0.3, -0.25) is 0 Å². The first-order valence-corrected chi connectivity index (χ1v) is 6.65. The molecule has 2 nitrogen and oxygen atoms in total. The third-order valence-corrected chi connectivity index (χ3v) is 3.66. The fourth-order valence-corrected chi connectivity index (χ4v) is 2.56. The molecule has 1 saturated carbocycles. The molecule has 0 saturated heterocycles. The number of aliphatic hydroxyl groups is 1. The summed E-state index contributed by atoms with van der Waals surface area (Å²) < 4.78 is 51.5. The quantitative estimate of drug-likeness (QED) is 0.838. The zero-order valence-electron chi connectivity index (χ0n) is 10.9. The van der Waals surface area contributed by atoms with Crippen LogP contribution in [0.2, 0.25) is 0 Å². The summed E-state index contributed by atoms with van der Waals surface area (Å²) in [6.45, 7) is -0.0309. The van der Waals surface area contributed by atoms with Gasteiger partial charge in [0.05, 0.1) is 11.7 Å². The van der Waals surface area contributed by atoms with Crippen molar-refractivity contribution in [2.75, 3.05) is 0 Å². The molecule has 2 atom stereocenters. The number of rotatable bonds is 3. The van der Waals surface area contributed by atoms with E-state index in [1.807, 2.05) is 0 Å². The van der Waals surface area contributed by atoms with Gasteiger partial charge in [-0.05, 0) is 30.5 Å². The van der Waals surface area contributed by atoms with E-state index < -0.39 is 23.7 Å². The van der Waals surface area contributed by atoms with E-state index in [1.54, 1.807) is 0 Å². The van der Waals surface area contributed by atoms with Gasteiger partial charge in [0.15, 0.2) is 0 Å². The van der Waals surface area contributed by atoms with Gasteiger partial charge in [0, 0.05) is 12.6 Å². The van der Waals surface area contributed by atoms with Crippen LogP contribution in [-0.2, 0) is 12.7 Å². The van der Waals surface area contributed by atoms with Gasteiger partial charge < -0.3 is 10.4 Å². The van der Waals surface area contributed by atoms with E-state index in [1.165, 1.54) is 0 Å². The summed E-state index contributed by atoms with van der Waals surface area (Å²) in [7, 11) is 0. The second-order valence-corrected chi connectivity index (χ2v) is 5.14. The van der Waals surface area contributed by atoms with Crippen molar-refractivity contribution in [2.24, 2.45) is 0 Å². The molecule has 2 unspecified atom stereocenters. The number of nitrogens with one attached hydrogen (secondary N) is 1. The summed E-state index contributed by atoms with van der Waals surface area (Å²) in [6, 6.07) is 2.47. The standard InChI is InChI=1S/C14H17F4NO/c15-10-6-5-9(11(7-10)14(16,17)18)8-19-12-3-1-2-4-13(12)20/h5-7,12-13,19-20H,1-4,8H2. The monoisotopic (exact) mass is 291 g/mol. The summed E-state index contributed by atoms with van der Waals surface area (Å²) in [4.78, 5) is 0. The molecule has 6 heteroatoms. The number of benzene rings is 1. The molecule has 2 rings (SSSR count). The van der Waals surface area contributed by atoms with Crippen LogP contribution in [0.4, 0.5) is 17.6 Å². The van der Waals surface area contributed by atoms with Crippen molar-refractivity contribution < 1.29 is 22.7 Å². The zero-order chi connectivity index (χ0) is 14.8. The lowest BCUT2D eigenvalue weighted by molar-refractivity contribution is -0.138. The molecule has 0 spiro atoms. The van der Waals surface area contributed by atoms with Gasteiger partial charge in [0.2, 0.25) is 0 Å². The van der Waals surface area contributed by atoms with Gasteiger partial charge in [0.25, 0.3) is 0 Å². The van der Waals surface area contributed by atoms with Gasteiger partial charge in [-0.15, -0.1) is 0 Å². The van der Waals surface area contributed by atoms with E-state index in [2.05, 4.69) is 5.32 Å². The van der Waals surface area contributed by atoms with Crippen LogP contribution < -0.4 is 5.32 Å². The van der Waals surface area contributed by atoms with Crippen LogP contribution >= 0.6 is 0 Å². The molecule has 0 radical (unpaired) electrons. The normalized spacial score (nSPS) is 23.9. The second-order valence-electron chi connectivity index (χ2n) is 5.14. The van der Waals surface area contributed by atoms with E-state index in [0.29, 0.717) is 12.5 Å². The van der Waals surface area contributed by atoms with E-state index in [4.69, 9.17) is 0 Å². The predicted molar refractivity (Wildman–Crippen MR) is 66.5 cm³/mol. The van der Waals surface area contributed by atoms with Crippen LogP contribution in [0, 0.1) is 5.82 Å². The Balaban J connectivity index is 2.09. The maximum Gasteiger partial charge on any atom is 0.416 e. The topological polar surface area (TPSA) is 32.3 Å². The van der Waals surface area contributed by atoms with Gasteiger partial charge in [-0.25, -0.2) is 4.39 Å². The van der Waals surface area contributed by atoms with Crippen LogP contribution in [0.3, 0.4) is 0 Å². The Morgan fingerprint density at radius 2 is 1.90 bits per heavy atom. The lowest BCUT2D eigenvalue weighted by atomic mass is 9.92. The predicted octanol–water partition coefficient (Wildman–Crippen LogP) is 3.24. The molecule has 20 heavy (non-hydrogen) atoms.